The van der Waals surface area contributed by atoms with E-state index in [9.17, 15) is 0 Å². The Kier molecular flexibility index (Phi) is 4.39. The standard InChI is InChI=1S/C17H18N2O/c1-12(19-2)14-5-4-6-15(10-14)16-9-13(11-18)7-8-17(16)20-3/h4-10,12,19H,1-3H3. The van der Waals surface area contributed by atoms with Gasteiger partial charge in [-0.25, -0.2) is 0 Å². The van der Waals surface area contributed by atoms with E-state index < -0.39 is 0 Å². The largest absolute Gasteiger partial charge is 0.496 e. The molecule has 2 aromatic carbocycles. The molecule has 0 amide bonds. The molecule has 0 aromatic heterocycles. The zero-order valence-electron chi connectivity index (χ0n) is 12.0. The van der Waals surface area contributed by atoms with E-state index in [0.29, 0.717) is 5.56 Å². The molecule has 3 nitrogen and oxygen atoms in total. The van der Waals surface area contributed by atoms with E-state index in [-0.39, 0.29) is 6.04 Å². The van der Waals surface area contributed by atoms with Crippen LogP contribution < -0.4 is 10.1 Å². The van der Waals surface area contributed by atoms with E-state index >= 15 is 0 Å². The first-order valence-corrected chi connectivity index (χ1v) is 6.55. The Morgan fingerprint density at radius 1 is 1.20 bits per heavy atom. The van der Waals surface area contributed by atoms with Crippen molar-refractivity contribution >= 4 is 0 Å². The van der Waals surface area contributed by atoms with Crippen LogP contribution in [0.1, 0.15) is 24.1 Å². The van der Waals surface area contributed by atoms with Gasteiger partial charge in [-0.2, -0.15) is 5.26 Å². The molecule has 1 atom stereocenters. The van der Waals surface area contributed by atoms with Crippen molar-refractivity contribution in [1.29, 1.82) is 5.26 Å². The summed E-state index contributed by atoms with van der Waals surface area (Å²) in [5.74, 6) is 0.776. The maximum atomic E-state index is 9.05. The first kappa shape index (κ1) is 14.1. The fraction of sp³-hybridized carbons (Fsp3) is 0.235. The van der Waals surface area contributed by atoms with Gasteiger partial charge in [0.25, 0.3) is 0 Å². The van der Waals surface area contributed by atoms with Crippen LogP contribution in [0.4, 0.5) is 0 Å². The fourth-order valence-corrected chi connectivity index (χ4v) is 2.15. The number of hydrogen-bond acceptors (Lipinski definition) is 3. The van der Waals surface area contributed by atoms with Gasteiger partial charge in [-0.05, 0) is 49.4 Å². The zero-order valence-corrected chi connectivity index (χ0v) is 12.0. The van der Waals surface area contributed by atoms with Crippen molar-refractivity contribution in [3.05, 3.63) is 53.6 Å². The Morgan fingerprint density at radius 2 is 2.00 bits per heavy atom. The molecule has 0 spiro atoms. The number of ether oxygens (including phenoxy) is 1. The van der Waals surface area contributed by atoms with Crippen molar-refractivity contribution in [2.75, 3.05) is 14.2 Å². The summed E-state index contributed by atoms with van der Waals surface area (Å²) in [6, 6.07) is 16.2. The molecule has 0 aliphatic carbocycles. The second kappa shape index (κ2) is 6.23. The summed E-state index contributed by atoms with van der Waals surface area (Å²) in [7, 11) is 3.58. The van der Waals surface area contributed by atoms with E-state index in [4.69, 9.17) is 10.00 Å². The molecule has 0 saturated carbocycles. The Labute approximate surface area is 119 Å². The summed E-state index contributed by atoms with van der Waals surface area (Å²) in [6.45, 7) is 2.11. The van der Waals surface area contributed by atoms with E-state index in [1.807, 2.05) is 31.3 Å². The van der Waals surface area contributed by atoms with Crippen LogP contribution in [0.15, 0.2) is 42.5 Å². The van der Waals surface area contributed by atoms with E-state index in [2.05, 4.69) is 30.4 Å². The molecule has 102 valence electrons. The first-order chi connectivity index (χ1) is 9.69. The molecule has 20 heavy (non-hydrogen) atoms. The number of benzene rings is 2. The van der Waals surface area contributed by atoms with Gasteiger partial charge in [0, 0.05) is 11.6 Å². The van der Waals surface area contributed by atoms with Gasteiger partial charge in [0.05, 0.1) is 18.7 Å². The van der Waals surface area contributed by atoms with Gasteiger partial charge in [-0.3, -0.25) is 0 Å². The average Bonchev–Trinajstić information content (AvgIpc) is 2.53. The molecule has 0 fully saturated rings. The Bertz CT molecular complexity index is 644. The van der Waals surface area contributed by atoms with Crippen molar-refractivity contribution in [3.63, 3.8) is 0 Å². The van der Waals surface area contributed by atoms with E-state index in [1.165, 1.54) is 5.56 Å². The molecule has 3 heteroatoms. The minimum atomic E-state index is 0.278. The van der Waals surface area contributed by atoms with Crippen molar-refractivity contribution in [1.82, 2.24) is 5.32 Å². The van der Waals surface area contributed by atoms with Crippen molar-refractivity contribution < 1.29 is 4.74 Å². The van der Waals surface area contributed by atoms with Crippen LogP contribution in [-0.2, 0) is 0 Å². The van der Waals surface area contributed by atoms with Gasteiger partial charge >= 0.3 is 0 Å². The SMILES string of the molecule is CNC(C)c1cccc(-c2cc(C#N)ccc2OC)c1. The Morgan fingerprint density at radius 3 is 2.65 bits per heavy atom. The summed E-state index contributed by atoms with van der Waals surface area (Å²) < 4.78 is 5.40. The molecule has 2 rings (SSSR count). The summed E-state index contributed by atoms with van der Waals surface area (Å²) in [4.78, 5) is 0. The minimum Gasteiger partial charge on any atom is -0.496 e. The maximum Gasteiger partial charge on any atom is 0.126 e. The summed E-state index contributed by atoms with van der Waals surface area (Å²) in [6.07, 6.45) is 0. The second-order valence-electron chi connectivity index (χ2n) is 4.66. The number of nitrogens with zero attached hydrogens (tertiary/aromatic N) is 1. The summed E-state index contributed by atoms with van der Waals surface area (Å²) in [5.41, 5.74) is 3.83. The van der Waals surface area contributed by atoms with Crippen molar-refractivity contribution in [3.8, 4) is 22.9 Å². The maximum absolute atomic E-state index is 9.05. The highest BCUT2D eigenvalue weighted by molar-refractivity contribution is 5.72. The van der Waals surface area contributed by atoms with Gasteiger partial charge in [-0.1, -0.05) is 18.2 Å². The van der Waals surface area contributed by atoms with Gasteiger partial charge in [0.1, 0.15) is 5.75 Å². The number of hydrogen-bond donors (Lipinski definition) is 1. The van der Waals surface area contributed by atoms with Gasteiger partial charge < -0.3 is 10.1 Å². The van der Waals surface area contributed by atoms with Crippen LogP contribution >= 0.6 is 0 Å². The van der Waals surface area contributed by atoms with Crippen molar-refractivity contribution in [2.45, 2.75) is 13.0 Å². The molecule has 1 unspecified atom stereocenters. The molecular weight excluding hydrogens is 248 g/mol. The van der Waals surface area contributed by atoms with Gasteiger partial charge in [-0.15, -0.1) is 0 Å². The van der Waals surface area contributed by atoms with E-state index in [0.717, 1.165) is 16.9 Å². The molecule has 1 N–H and O–H groups in total. The topological polar surface area (TPSA) is 45.0 Å². The highest BCUT2D eigenvalue weighted by atomic mass is 16.5. The molecule has 0 aliphatic rings. The highest BCUT2D eigenvalue weighted by Gasteiger charge is 2.09. The Balaban J connectivity index is 2.53. The quantitative estimate of drug-likeness (QED) is 0.921. The van der Waals surface area contributed by atoms with Crippen LogP contribution in [0.3, 0.4) is 0 Å². The van der Waals surface area contributed by atoms with Crippen LogP contribution in [0, 0.1) is 11.3 Å². The molecule has 0 radical (unpaired) electrons. The van der Waals surface area contributed by atoms with Crippen LogP contribution in [-0.4, -0.2) is 14.2 Å². The number of nitrogens with one attached hydrogen (secondary N) is 1. The number of nitriles is 1. The first-order valence-electron chi connectivity index (χ1n) is 6.55. The third-order valence-electron chi connectivity index (χ3n) is 3.46. The van der Waals surface area contributed by atoms with E-state index in [1.54, 1.807) is 13.2 Å². The molecule has 0 aliphatic heterocycles. The smallest absolute Gasteiger partial charge is 0.126 e. The fourth-order valence-electron chi connectivity index (χ4n) is 2.15. The summed E-state index contributed by atoms with van der Waals surface area (Å²) >= 11 is 0. The normalized spacial score (nSPS) is 11.7. The second-order valence-corrected chi connectivity index (χ2v) is 4.66. The number of methoxy groups -OCH3 is 1. The van der Waals surface area contributed by atoms with Crippen LogP contribution in [0.5, 0.6) is 5.75 Å². The van der Waals surface area contributed by atoms with Crippen molar-refractivity contribution in [2.24, 2.45) is 0 Å². The van der Waals surface area contributed by atoms with Gasteiger partial charge in [0.2, 0.25) is 0 Å². The third kappa shape index (κ3) is 2.81. The van der Waals surface area contributed by atoms with Gasteiger partial charge in [0.15, 0.2) is 0 Å². The lowest BCUT2D eigenvalue weighted by Gasteiger charge is -2.14. The lowest BCUT2D eigenvalue weighted by Crippen LogP contribution is -2.12. The van der Waals surface area contributed by atoms with Crippen LogP contribution in [0.25, 0.3) is 11.1 Å². The molecule has 0 saturated heterocycles. The molecule has 0 bridgehead atoms. The number of rotatable bonds is 4. The molecule has 2 aromatic rings. The molecule has 0 heterocycles. The average molecular weight is 266 g/mol. The predicted octanol–water partition coefficient (Wildman–Crippen LogP) is 3.51. The Hall–Kier alpha value is -2.31. The zero-order chi connectivity index (χ0) is 14.5. The lowest BCUT2D eigenvalue weighted by atomic mass is 9.98. The third-order valence-corrected chi connectivity index (χ3v) is 3.46. The highest BCUT2D eigenvalue weighted by Crippen LogP contribution is 2.32. The monoisotopic (exact) mass is 266 g/mol. The lowest BCUT2D eigenvalue weighted by molar-refractivity contribution is 0.416. The molecular formula is C17H18N2O. The minimum absolute atomic E-state index is 0.278. The van der Waals surface area contributed by atoms with Crippen LogP contribution in [0.2, 0.25) is 0 Å². The summed E-state index contributed by atoms with van der Waals surface area (Å²) in [5, 5.41) is 12.3. The predicted molar refractivity (Wildman–Crippen MR) is 80.6 cm³/mol.